The van der Waals surface area contributed by atoms with Gasteiger partial charge in [0.25, 0.3) is 0 Å². The lowest BCUT2D eigenvalue weighted by Crippen LogP contribution is -2.36. The van der Waals surface area contributed by atoms with Crippen LogP contribution in [0.15, 0.2) is 11.6 Å². The number of rotatable bonds is 5. The predicted molar refractivity (Wildman–Crippen MR) is 103 cm³/mol. The van der Waals surface area contributed by atoms with Gasteiger partial charge in [0.1, 0.15) is 5.60 Å². The molecule has 0 amide bonds. The van der Waals surface area contributed by atoms with Gasteiger partial charge >= 0.3 is 0 Å². The second-order valence-electron chi connectivity index (χ2n) is 9.65. The summed E-state index contributed by atoms with van der Waals surface area (Å²) >= 11 is 0. The van der Waals surface area contributed by atoms with Gasteiger partial charge in [-0.15, -0.1) is 0 Å². The molecule has 3 rings (SSSR count). The van der Waals surface area contributed by atoms with E-state index in [0.717, 1.165) is 30.6 Å². The second kappa shape index (κ2) is 7.18. The number of carbonyl (C=O) groups is 1. The van der Waals surface area contributed by atoms with E-state index in [-0.39, 0.29) is 0 Å². The van der Waals surface area contributed by atoms with E-state index in [1.54, 1.807) is 12.7 Å². The molecule has 0 bridgehead atoms. The topological polar surface area (TPSA) is 26.3 Å². The first-order chi connectivity index (χ1) is 11.8. The molecule has 3 fully saturated rings. The number of ketones is 1. The number of fused-ring (bicyclic) bond motifs is 1. The van der Waals surface area contributed by atoms with Crippen molar-refractivity contribution in [2.24, 2.45) is 29.1 Å². The number of hydrogen-bond donors (Lipinski definition) is 0. The average Bonchev–Trinajstić information content (AvgIpc) is 3.09. The normalized spacial score (nSPS) is 44.3. The summed E-state index contributed by atoms with van der Waals surface area (Å²) < 4.78 is 5.50. The van der Waals surface area contributed by atoms with Crippen molar-refractivity contribution in [3.05, 3.63) is 11.6 Å². The summed E-state index contributed by atoms with van der Waals surface area (Å²) in [6.07, 6.45) is 13.4. The highest BCUT2D eigenvalue weighted by Gasteiger charge is 2.50. The Hall–Kier alpha value is -0.630. The number of allylic oxidation sites excluding steroid dienone is 2. The van der Waals surface area contributed by atoms with Crippen molar-refractivity contribution < 1.29 is 9.53 Å². The summed E-state index contributed by atoms with van der Waals surface area (Å²) in [5, 5.41) is 0. The molecule has 3 aliphatic carbocycles. The van der Waals surface area contributed by atoms with Crippen LogP contribution in [-0.2, 0) is 9.53 Å². The molecule has 3 aliphatic rings. The molecule has 0 aromatic carbocycles. The fraction of sp³-hybridized carbons (Fsp3) is 0.870. The Balaban J connectivity index is 1.59. The zero-order valence-corrected chi connectivity index (χ0v) is 17.1. The molecule has 6 atom stereocenters. The zero-order valence-electron chi connectivity index (χ0n) is 17.1. The van der Waals surface area contributed by atoms with Gasteiger partial charge in [-0.25, -0.2) is 0 Å². The third-order valence-electron chi connectivity index (χ3n) is 8.32. The van der Waals surface area contributed by atoms with Crippen molar-refractivity contribution in [3.8, 4) is 0 Å². The molecule has 0 radical (unpaired) electrons. The van der Waals surface area contributed by atoms with Crippen LogP contribution in [0, 0.1) is 29.1 Å². The van der Waals surface area contributed by atoms with E-state index in [9.17, 15) is 4.79 Å². The van der Waals surface area contributed by atoms with E-state index in [2.05, 4.69) is 26.8 Å². The van der Waals surface area contributed by atoms with Crippen molar-refractivity contribution in [1.82, 2.24) is 0 Å². The van der Waals surface area contributed by atoms with Gasteiger partial charge in [0, 0.05) is 13.5 Å². The lowest BCUT2D eigenvalue weighted by atomic mass is 9.60. The van der Waals surface area contributed by atoms with Gasteiger partial charge in [-0.1, -0.05) is 31.9 Å². The Labute approximate surface area is 154 Å². The second-order valence-corrected chi connectivity index (χ2v) is 9.65. The molecule has 142 valence electrons. The lowest BCUT2D eigenvalue weighted by molar-refractivity contribution is -0.134. The minimum absolute atomic E-state index is 0.311. The fourth-order valence-corrected chi connectivity index (χ4v) is 6.68. The van der Waals surface area contributed by atoms with Crippen LogP contribution in [0.3, 0.4) is 0 Å². The maximum absolute atomic E-state index is 12.2. The number of carbonyl (C=O) groups excluding carboxylic acids is 1. The molecular formula is C23H38O2. The minimum atomic E-state index is -0.511. The molecule has 0 N–H and O–H groups in total. The van der Waals surface area contributed by atoms with Gasteiger partial charge in [0.2, 0.25) is 0 Å². The third kappa shape index (κ3) is 3.36. The molecule has 0 aliphatic heterocycles. The monoisotopic (exact) mass is 346 g/mol. The Morgan fingerprint density at radius 3 is 2.72 bits per heavy atom. The molecule has 0 saturated heterocycles. The van der Waals surface area contributed by atoms with Crippen molar-refractivity contribution in [3.63, 3.8) is 0 Å². The molecule has 3 saturated carbocycles. The average molecular weight is 347 g/mol. The standard InChI is InChI=1S/C23H38O2/c1-6-18-8-7-13-22(3)19(11-12-20(18)22)16(2)9-10-17-14-21(24)23(4,15-17)25-5/h6,16-17,19-20H,7-15H2,1-5H3/b18-6+/t16-,17?,19-,20?,22-,23?/m1/s1. The van der Waals surface area contributed by atoms with Crippen LogP contribution in [0.5, 0.6) is 0 Å². The van der Waals surface area contributed by atoms with Crippen molar-refractivity contribution in [1.29, 1.82) is 0 Å². The summed E-state index contributed by atoms with van der Waals surface area (Å²) in [7, 11) is 1.68. The SMILES string of the molecule is C/C=C1\CCC[C@@]2(C)C1CC[C@@H]2[C@H](C)CCC1CC(=O)C(C)(OC)C1. The molecule has 0 spiro atoms. The summed E-state index contributed by atoms with van der Waals surface area (Å²) in [6, 6.07) is 0. The largest absolute Gasteiger partial charge is 0.371 e. The molecule has 2 heteroatoms. The maximum Gasteiger partial charge on any atom is 0.164 e. The van der Waals surface area contributed by atoms with Crippen LogP contribution in [0.25, 0.3) is 0 Å². The summed E-state index contributed by atoms with van der Waals surface area (Å²) in [6.45, 7) is 9.27. The summed E-state index contributed by atoms with van der Waals surface area (Å²) in [5.41, 5.74) is 1.75. The van der Waals surface area contributed by atoms with Gasteiger partial charge in [0.15, 0.2) is 5.78 Å². The first-order valence-corrected chi connectivity index (χ1v) is 10.6. The molecule has 0 aromatic rings. The lowest BCUT2D eigenvalue weighted by Gasteiger charge is -2.44. The minimum Gasteiger partial charge on any atom is -0.371 e. The Bertz CT molecular complexity index is 536. The van der Waals surface area contributed by atoms with Crippen LogP contribution in [0.2, 0.25) is 0 Å². The highest BCUT2D eigenvalue weighted by molar-refractivity contribution is 5.89. The molecule has 0 heterocycles. The highest BCUT2D eigenvalue weighted by Crippen LogP contribution is 2.60. The van der Waals surface area contributed by atoms with E-state index in [1.807, 2.05) is 6.92 Å². The van der Waals surface area contributed by atoms with Crippen molar-refractivity contribution in [2.75, 3.05) is 7.11 Å². The molecule has 2 nitrogen and oxygen atoms in total. The number of ether oxygens (including phenoxy) is 1. The van der Waals surface area contributed by atoms with Gasteiger partial charge in [-0.3, -0.25) is 4.79 Å². The van der Waals surface area contributed by atoms with Crippen molar-refractivity contribution in [2.45, 2.75) is 91.1 Å². The van der Waals surface area contributed by atoms with E-state index < -0.39 is 5.60 Å². The van der Waals surface area contributed by atoms with Gasteiger partial charge in [-0.05, 0) is 87.9 Å². The maximum atomic E-state index is 12.2. The van der Waals surface area contributed by atoms with Crippen LogP contribution in [-0.4, -0.2) is 18.5 Å². The van der Waals surface area contributed by atoms with E-state index >= 15 is 0 Å². The molecule has 0 aromatic heterocycles. The molecule has 3 unspecified atom stereocenters. The van der Waals surface area contributed by atoms with Gasteiger partial charge in [0.05, 0.1) is 0 Å². The van der Waals surface area contributed by atoms with Gasteiger partial charge < -0.3 is 4.74 Å². The Morgan fingerprint density at radius 1 is 1.32 bits per heavy atom. The van der Waals surface area contributed by atoms with E-state index in [0.29, 0.717) is 17.1 Å². The predicted octanol–water partition coefficient (Wildman–Crippen LogP) is 5.95. The number of Topliss-reactive ketones (excluding diaryl/α,β-unsaturated/α-hetero) is 1. The quantitative estimate of drug-likeness (QED) is 0.575. The Kier molecular flexibility index (Phi) is 5.49. The van der Waals surface area contributed by atoms with Gasteiger partial charge in [-0.2, -0.15) is 0 Å². The first-order valence-electron chi connectivity index (χ1n) is 10.6. The summed E-state index contributed by atoms with van der Waals surface area (Å²) in [4.78, 5) is 12.2. The van der Waals surface area contributed by atoms with E-state index in [4.69, 9.17) is 4.74 Å². The number of hydrogen-bond acceptors (Lipinski definition) is 2. The smallest absolute Gasteiger partial charge is 0.164 e. The van der Waals surface area contributed by atoms with E-state index in [1.165, 1.54) is 44.9 Å². The zero-order chi connectivity index (χ0) is 18.2. The first kappa shape index (κ1) is 19.1. The third-order valence-corrected chi connectivity index (χ3v) is 8.32. The molecule has 25 heavy (non-hydrogen) atoms. The molecular weight excluding hydrogens is 308 g/mol. The van der Waals surface area contributed by atoms with Crippen LogP contribution >= 0.6 is 0 Å². The highest BCUT2D eigenvalue weighted by atomic mass is 16.5. The van der Waals surface area contributed by atoms with Crippen LogP contribution < -0.4 is 0 Å². The Morgan fingerprint density at radius 2 is 2.08 bits per heavy atom. The number of methoxy groups -OCH3 is 1. The summed E-state index contributed by atoms with van der Waals surface area (Å²) in [5.74, 6) is 3.31. The fourth-order valence-electron chi connectivity index (χ4n) is 6.68. The van der Waals surface area contributed by atoms with Crippen LogP contribution in [0.1, 0.15) is 85.5 Å². The van der Waals surface area contributed by atoms with Crippen LogP contribution in [0.4, 0.5) is 0 Å². The van der Waals surface area contributed by atoms with Crippen molar-refractivity contribution >= 4 is 5.78 Å².